The number of hydrogen-bond acceptors (Lipinski definition) is 2. The van der Waals surface area contributed by atoms with Crippen LogP contribution in [0.25, 0.3) is 0 Å². The fourth-order valence-corrected chi connectivity index (χ4v) is 2.09. The molecule has 0 radical (unpaired) electrons. The molecule has 0 aromatic heterocycles. The first kappa shape index (κ1) is 13.1. The normalized spacial score (nSPS) is 17.0. The van der Waals surface area contributed by atoms with E-state index < -0.39 is 0 Å². The molecule has 1 fully saturated rings. The summed E-state index contributed by atoms with van der Waals surface area (Å²) in [6.45, 7) is 2.53. The molecule has 1 aliphatic carbocycles. The van der Waals surface area contributed by atoms with Crippen LogP contribution in [0.4, 0.5) is 4.39 Å². The fraction of sp³-hybridized carbons (Fsp3) is 0.533. The van der Waals surface area contributed by atoms with Gasteiger partial charge in [0.05, 0.1) is 6.61 Å². The van der Waals surface area contributed by atoms with Gasteiger partial charge in [0.2, 0.25) is 0 Å². The van der Waals surface area contributed by atoms with E-state index in [0.717, 1.165) is 11.8 Å². The Hall–Kier alpha value is -1.38. The number of hydrogen-bond donors (Lipinski definition) is 0. The molecule has 1 saturated carbocycles. The summed E-state index contributed by atoms with van der Waals surface area (Å²) in [5, 5.41) is 0. The van der Waals surface area contributed by atoms with Crippen LogP contribution in [0.3, 0.4) is 0 Å². The van der Waals surface area contributed by atoms with Crippen molar-refractivity contribution in [3.05, 3.63) is 29.6 Å². The van der Waals surface area contributed by atoms with Gasteiger partial charge in [0.25, 0.3) is 0 Å². The van der Waals surface area contributed by atoms with Crippen molar-refractivity contribution in [1.82, 2.24) is 0 Å². The number of carbonyl (C=O) groups excluding carboxylic acids is 1. The SMILES string of the molecule is CC(CC=O)c1ccc(OCC2CCC2)c(F)c1. The highest BCUT2D eigenvalue weighted by Gasteiger charge is 2.18. The molecule has 0 bridgehead atoms. The average Bonchev–Trinajstić information content (AvgIpc) is 2.29. The zero-order valence-electron chi connectivity index (χ0n) is 10.7. The van der Waals surface area contributed by atoms with Gasteiger partial charge in [-0.15, -0.1) is 0 Å². The van der Waals surface area contributed by atoms with E-state index in [4.69, 9.17) is 4.74 Å². The van der Waals surface area contributed by atoms with Crippen molar-refractivity contribution in [3.8, 4) is 5.75 Å². The Morgan fingerprint density at radius 3 is 2.83 bits per heavy atom. The van der Waals surface area contributed by atoms with E-state index in [9.17, 15) is 9.18 Å². The summed E-state index contributed by atoms with van der Waals surface area (Å²) in [7, 11) is 0. The van der Waals surface area contributed by atoms with E-state index in [1.807, 2.05) is 13.0 Å². The lowest BCUT2D eigenvalue weighted by Gasteiger charge is -2.25. The number of aldehydes is 1. The van der Waals surface area contributed by atoms with Crippen LogP contribution in [0, 0.1) is 11.7 Å². The predicted octanol–water partition coefficient (Wildman–Crippen LogP) is 3.70. The maximum absolute atomic E-state index is 13.8. The predicted molar refractivity (Wildman–Crippen MR) is 68.3 cm³/mol. The quantitative estimate of drug-likeness (QED) is 0.720. The molecular weight excluding hydrogens is 231 g/mol. The molecule has 1 atom stereocenters. The molecule has 0 heterocycles. The molecule has 2 rings (SSSR count). The van der Waals surface area contributed by atoms with Crippen molar-refractivity contribution >= 4 is 6.29 Å². The highest BCUT2D eigenvalue weighted by Crippen LogP contribution is 2.29. The molecule has 1 aromatic carbocycles. The minimum absolute atomic E-state index is 0.0534. The van der Waals surface area contributed by atoms with E-state index in [1.165, 1.54) is 25.3 Å². The van der Waals surface area contributed by atoms with E-state index in [-0.39, 0.29) is 11.7 Å². The molecule has 0 amide bonds. The van der Waals surface area contributed by atoms with Gasteiger partial charge < -0.3 is 9.53 Å². The van der Waals surface area contributed by atoms with Gasteiger partial charge in [0.15, 0.2) is 11.6 Å². The van der Waals surface area contributed by atoms with Crippen molar-refractivity contribution in [3.63, 3.8) is 0 Å². The standard InChI is InChI=1S/C15H19FO2/c1-11(7-8-17)13-5-6-15(14(16)9-13)18-10-12-3-2-4-12/h5-6,8-9,11-12H,2-4,7,10H2,1H3. The van der Waals surface area contributed by atoms with Crippen molar-refractivity contribution in [2.24, 2.45) is 5.92 Å². The first-order chi connectivity index (χ1) is 8.70. The molecule has 18 heavy (non-hydrogen) atoms. The van der Waals surface area contributed by atoms with Gasteiger partial charge in [0, 0.05) is 6.42 Å². The highest BCUT2D eigenvalue weighted by molar-refractivity contribution is 5.51. The third kappa shape index (κ3) is 3.09. The maximum atomic E-state index is 13.8. The molecule has 2 nitrogen and oxygen atoms in total. The average molecular weight is 250 g/mol. The number of rotatable bonds is 6. The molecule has 0 aliphatic heterocycles. The minimum atomic E-state index is -0.329. The number of ether oxygens (including phenoxy) is 1. The van der Waals surface area contributed by atoms with Crippen molar-refractivity contribution in [2.45, 2.75) is 38.5 Å². The highest BCUT2D eigenvalue weighted by atomic mass is 19.1. The third-order valence-corrected chi connectivity index (χ3v) is 3.67. The fourth-order valence-electron chi connectivity index (χ4n) is 2.09. The summed E-state index contributed by atoms with van der Waals surface area (Å²) in [6, 6.07) is 4.99. The van der Waals surface area contributed by atoms with Crippen LogP contribution < -0.4 is 4.74 Å². The van der Waals surface area contributed by atoms with Crippen LogP contribution in [0.5, 0.6) is 5.75 Å². The topological polar surface area (TPSA) is 26.3 Å². The van der Waals surface area contributed by atoms with Gasteiger partial charge >= 0.3 is 0 Å². The Bertz CT molecular complexity index is 413. The third-order valence-electron chi connectivity index (χ3n) is 3.67. The molecule has 0 spiro atoms. The summed E-state index contributed by atoms with van der Waals surface area (Å²) in [6.07, 6.45) is 4.93. The minimum Gasteiger partial charge on any atom is -0.490 e. The van der Waals surface area contributed by atoms with Crippen LogP contribution in [-0.4, -0.2) is 12.9 Å². The van der Waals surface area contributed by atoms with Crippen molar-refractivity contribution < 1.29 is 13.9 Å². The largest absolute Gasteiger partial charge is 0.490 e. The lowest BCUT2D eigenvalue weighted by molar-refractivity contribution is -0.108. The molecular formula is C15H19FO2. The second kappa shape index (κ2) is 5.98. The van der Waals surface area contributed by atoms with Crippen LogP contribution in [-0.2, 0) is 4.79 Å². The Balaban J connectivity index is 1.97. The molecule has 3 heteroatoms. The first-order valence-electron chi connectivity index (χ1n) is 6.56. The Kier molecular flexibility index (Phi) is 4.34. The second-order valence-corrected chi connectivity index (χ2v) is 5.10. The van der Waals surface area contributed by atoms with Gasteiger partial charge in [-0.25, -0.2) is 4.39 Å². The molecule has 0 saturated heterocycles. The summed E-state index contributed by atoms with van der Waals surface area (Å²) >= 11 is 0. The second-order valence-electron chi connectivity index (χ2n) is 5.10. The monoisotopic (exact) mass is 250 g/mol. The smallest absolute Gasteiger partial charge is 0.165 e. The molecule has 1 unspecified atom stereocenters. The summed E-state index contributed by atoms with van der Waals surface area (Å²) < 4.78 is 19.3. The van der Waals surface area contributed by atoms with E-state index in [0.29, 0.717) is 24.7 Å². The van der Waals surface area contributed by atoms with Gasteiger partial charge in [-0.1, -0.05) is 19.4 Å². The number of halogens is 1. The number of carbonyl (C=O) groups is 1. The van der Waals surface area contributed by atoms with Gasteiger partial charge in [-0.3, -0.25) is 0 Å². The molecule has 0 N–H and O–H groups in total. The molecule has 98 valence electrons. The van der Waals surface area contributed by atoms with Crippen molar-refractivity contribution in [2.75, 3.05) is 6.61 Å². The van der Waals surface area contributed by atoms with Gasteiger partial charge in [0.1, 0.15) is 6.29 Å². The van der Waals surface area contributed by atoms with E-state index in [2.05, 4.69) is 0 Å². The zero-order valence-corrected chi connectivity index (χ0v) is 10.7. The maximum Gasteiger partial charge on any atom is 0.165 e. The van der Waals surface area contributed by atoms with Crippen LogP contribution >= 0.6 is 0 Å². The summed E-state index contributed by atoms with van der Waals surface area (Å²) in [5.74, 6) is 0.643. The molecule has 1 aliphatic rings. The number of benzene rings is 1. The van der Waals surface area contributed by atoms with Gasteiger partial charge in [-0.05, 0) is 42.4 Å². The lowest BCUT2D eigenvalue weighted by atomic mass is 9.86. The molecule has 1 aromatic rings. The Morgan fingerprint density at radius 1 is 1.50 bits per heavy atom. The van der Waals surface area contributed by atoms with Crippen LogP contribution in [0.15, 0.2) is 18.2 Å². The van der Waals surface area contributed by atoms with Crippen molar-refractivity contribution in [1.29, 1.82) is 0 Å². The Morgan fingerprint density at radius 2 is 2.28 bits per heavy atom. The van der Waals surface area contributed by atoms with Crippen LogP contribution in [0.1, 0.15) is 44.1 Å². The first-order valence-corrected chi connectivity index (χ1v) is 6.56. The zero-order chi connectivity index (χ0) is 13.0. The van der Waals surface area contributed by atoms with Gasteiger partial charge in [-0.2, -0.15) is 0 Å². The van der Waals surface area contributed by atoms with E-state index in [1.54, 1.807) is 6.07 Å². The lowest BCUT2D eigenvalue weighted by Crippen LogP contribution is -2.19. The Labute approximate surface area is 107 Å². The van der Waals surface area contributed by atoms with Crippen LogP contribution in [0.2, 0.25) is 0 Å². The summed E-state index contributed by atoms with van der Waals surface area (Å²) in [5.41, 5.74) is 0.843. The summed E-state index contributed by atoms with van der Waals surface area (Å²) in [4.78, 5) is 10.4. The van der Waals surface area contributed by atoms with E-state index >= 15 is 0 Å².